The molecule has 0 saturated carbocycles. The summed E-state index contributed by atoms with van der Waals surface area (Å²) >= 11 is 4.88. The molecule has 7 heteroatoms. The number of hydrogen-bond donors (Lipinski definition) is 1. The molecule has 1 saturated heterocycles. The summed E-state index contributed by atoms with van der Waals surface area (Å²) in [6, 6.07) is 10.6. The minimum atomic E-state index is -0.328. The van der Waals surface area contributed by atoms with Crippen molar-refractivity contribution in [1.82, 2.24) is 0 Å². The highest BCUT2D eigenvalue weighted by Gasteiger charge is 2.31. The first-order valence-corrected chi connectivity index (χ1v) is 8.85. The van der Waals surface area contributed by atoms with Crippen LogP contribution in [0.15, 0.2) is 46.3 Å². The van der Waals surface area contributed by atoms with Gasteiger partial charge in [0, 0.05) is 23.8 Å². The number of para-hydroxylation sites is 2. The normalized spacial score (nSPS) is 14.6. The van der Waals surface area contributed by atoms with Crippen molar-refractivity contribution in [3.05, 3.63) is 51.1 Å². The second kappa shape index (κ2) is 7.11. The van der Waals surface area contributed by atoms with E-state index in [2.05, 4.69) is 21.2 Å². The van der Waals surface area contributed by atoms with Gasteiger partial charge >= 0.3 is 0 Å². The zero-order chi connectivity index (χ0) is 17.1. The quantitative estimate of drug-likeness (QED) is 0.622. The first kappa shape index (κ1) is 16.6. The first-order valence-electron chi connectivity index (χ1n) is 7.24. The van der Waals surface area contributed by atoms with Crippen molar-refractivity contribution in [3.8, 4) is 0 Å². The number of amides is 3. The van der Waals surface area contributed by atoms with Gasteiger partial charge in [0.2, 0.25) is 17.7 Å². The van der Waals surface area contributed by atoms with E-state index in [9.17, 15) is 14.4 Å². The summed E-state index contributed by atoms with van der Waals surface area (Å²) in [4.78, 5) is 38.0. The minimum absolute atomic E-state index is 0.203. The number of hydrogen-bond acceptors (Lipinski definition) is 4. The molecule has 24 heavy (non-hydrogen) atoms. The second-order valence-electron chi connectivity index (χ2n) is 5.10. The molecule has 0 atom stereocenters. The number of carbonyl (C=O) groups is 3. The molecular weight excluding hydrogens is 392 g/mol. The lowest BCUT2D eigenvalue weighted by atomic mass is 10.2. The van der Waals surface area contributed by atoms with Crippen molar-refractivity contribution in [2.75, 3.05) is 10.2 Å². The van der Waals surface area contributed by atoms with Crippen LogP contribution in [-0.2, 0) is 14.4 Å². The summed E-state index contributed by atoms with van der Waals surface area (Å²) in [6.45, 7) is 0. The Bertz CT molecular complexity index is 828. The minimum Gasteiger partial charge on any atom is -0.321 e. The van der Waals surface area contributed by atoms with Crippen LogP contribution in [0.25, 0.3) is 6.08 Å². The summed E-state index contributed by atoms with van der Waals surface area (Å²) in [5.41, 5.74) is 0.841. The van der Waals surface area contributed by atoms with E-state index in [1.807, 2.05) is 12.1 Å². The molecule has 0 bridgehead atoms. The Kier molecular flexibility index (Phi) is 4.92. The van der Waals surface area contributed by atoms with Gasteiger partial charge in [0.05, 0.1) is 15.2 Å². The zero-order valence-electron chi connectivity index (χ0n) is 12.5. The van der Waals surface area contributed by atoms with Crippen LogP contribution >= 0.6 is 27.3 Å². The van der Waals surface area contributed by atoms with Gasteiger partial charge < -0.3 is 5.32 Å². The lowest BCUT2D eigenvalue weighted by Gasteiger charge is -2.18. The molecule has 1 aliphatic rings. The van der Waals surface area contributed by atoms with E-state index in [-0.39, 0.29) is 30.6 Å². The molecule has 0 aliphatic carbocycles. The van der Waals surface area contributed by atoms with Gasteiger partial charge in [-0.2, -0.15) is 0 Å². The van der Waals surface area contributed by atoms with Gasteiger partial charge in [-0.1, -0.05) is 12.1 Å². The maximum atomic E-state index is 12.1. The summed E-state index contributed by atoms with van der Waals surface area (Å²) in [7, 11) is 0. The fourth-order valence-electron chi connectivity index (χ4n) is 2.37. The Hall–Kier alpha value is -2.25. The van der Waals surface area contributed by atoms with Crippen molar-refractivity contribution in [1.29, 1.82) is 0 Å². The summed E-state index contributed by atoms with van der Waals surface area (Å²) < 4.78 is 0.985. The standard InChI is InChI=1S/C17H13BrN2O3S/c18-14-7-5-11(24-14)6-8-15(21)19-12-3-1-2-4-13(12)20-16(22)9-10-17(20)23/h1-8H,9-10H2,(H,19,21)/b8-6-. The van der Waals surface area contributed by atoms with Crippen LogP contribution in [0.5, 0.6) is 0 Å². The Morgan fingerprint density at radius 3 is 2.50 bits per heavy atom. The molecular formula is C17H13BrN2O3S. The third-order valence-electron chi connectivity index (χ3n) is 3.45. The lowest BCUT2D eigenvalue weighted by molar-refractivity contribution is -0.121. The van der Waals surface area contributed by atoms with Gasteiger partial charge in [-0.15, -0.1) is 11.3 Å². The SMILES string of the molecule is O=C(/C=C\c1ccc(Br)s1)Nc1ccccc1N1C(=O)CCC1=O. The fraction of sp³-hybridized carbons (Fsp3) is 0.118. The van der Waals surface area contributed by atoms with Crippen molar-refractivity contribution < 1.29 is 14.4 Å². The van der Waals surface area contributed by atoms with Gasteiger partial charge in [-0.3, -0.25) is 14.4 Å². The Balaban J connectivity index is 1.78. The highest BCUT2D eigenvalue weighted by molar-refractivity contribution is 9.11. The second-order valence-corrected chi connectivity index (χ2v) is 7.60. The van der Waals surface area contributed by atoms with Gasteiger partial charge in [-0.05, 0) is 46.3 Å². The Morgan fingerprint density at radius 1 is 1.12 bits per heavy atom. The van der Waals surface area contributed by atoms with Gasteiger partial charge in [-0.25, -0.2) is 4.90 Å². The van der Waals surface area contributed by atoms with Crippen LogP contribution in [0, 0.1) is 0 Å². The zero-order valence-corrected chi connectivity index (χ0v) is 14.9. The maximum absolute atomic E-state index is 12.1. The van der Waals surface area contributed by atoms with E-state index in [4.69, 9.17) is 0 Å². The highest BCUT2D eigenvalue weighted by Crippen LogP contribution is 2.30. The van der Waals surface area contributed by atoms with E-state index in [0.29, 0.717) is 11.4 Å². The van der Waals surface area contributed by atoms with Crippen LogP contribution in [0.1, 0.15) is 17.7 Å². The molecule has 1 aromatic heterocycles. The van der Waals surface area contributed by atoms with Gasteiger partial charge in [0.1, 0.15) is 0 Å². The number of nitrogens with zero attached hydrogens (tertiary/aromatic N) is 1. The number of rotatable bonds is 4. The molecule has 1 aliphatic heterocycles. The number of benzene rings is 1. The average Bonchev–Trinajstić information content (AvgIpc) is 3.12. The molecule has 1 N–H and O–H groups in total. The number of carbonyl (C=O) groups excluding carboxylic acids is 3. The van der Waals surface area contributed by atoms with Crippen LogP contribution in [0.2, 0.25) is 0 Å². The number of nitrogens with one attached hydrogen (secondary N) is 1. The van der Waals surface area contributed by atoms with Crippen molar-refractivity contribution in [3.63, 3.8) is 0 Å². The fourth-order valence-corrected chi connectivity index (χ4v) is 3.70. The van der Waals surface area contributed by atoms with Crippen LogP contribution in [0.4, 0.5) is 11.4 Å². The predicted molar refractivity (Wildman–Crippen MR) is 97.9 cm³/mol. The van der Waals surface area contributed by atoms with Gasteiger partial charge in [0.15, 0.2) is 0 Å². The molecule has 3 rings (SSSR count). The number of anilines is 2. The van der Waals surface area contributed by atoms with E-state index in [1.165, 1.54) is 17.4 Å². The summed E-state index contributed by atoms with van der Waals surface area (Å²) in [5.74, 6) is -0.826. The maximum Gasteiger partial charge on any atom is 0.248 e. The third-order valence-corrected chi connectivity index (χ3v) is 5.04. The Morgan fingerprint density at radius 2 is 1.83 bits per heavy atom. The average molecular weight is 405 g/mol. The third kappa shape index (κ3) is 3.63. The summed E-state index contributed by atoms with van der Waals surface area (Å²) in [6.07, 6.45) is 3.53. The molecule has 2 heterocycles. The smallest absolute Gasteiger partial charge is 0.248 e. The molecule has 0 radical (unpaired) electrons. The largest absolute Gasteiger partial charge is 0.321 e. The van der Waals surface area contributed by atoms with Crippen LogP contribution in [-0.4, -0.2) is 17.7 Å². The Labute approximate surface area is 151 Å². The van der Waals surface area contributed by atoms with E-state index in [0.717, 1.165) is 13.6 Å². The predicted octanol–water partition coefficient (Wildman–Crippen LogP) is 3.82. The van der Waals surface area contributed by atoms with Gasteiger partial charge in [0.25, 0.3) is 0 Å². The molecule has 5 nitrogen and oxygen atoms in total. The molecule has 2 aromatic rings. The highest BCUT2D eigenvalue weighted by atomic mass is 79.9. The molecule has 122 valence electrons. The summed E-state index contributed by atoms with van der Waals surface area (Å²) in [5, 5.41) is 2.73. The number of halogens is 1. The van der Waals surface area contributed by atoms with Crippen molar-refractivity contribution in [2.24, 2.45) is 0 Å². The van der Waals surface area contributed by atoms with E-state index >= 15 is 0 Å². The number of imide groups is 1. The van der Waals surface area contributed by atoms with Crippen molar-refractivity contribution >= 4 is 62.4 Å². The lowest BCUT2D eigenvalue weighted by Crippen LogP contribution is -2.29. The monoisotopic (exact) mass is 404 g/mol. The molecule has 0 spiro atoms. The van der Waals surface area contributed by atoms with Crippen LogP contribution < -0.4 is 10.2 Å². The molecule has 1 aromatic carbocycles. The first-order chi connectivity index (χ1) is 11.5. The van der Waals surface area contributed by atoms with E-state index in [1.54, 1.807) is 30.3 Å². The van der Waals surface area contributed by atoms with Crippen molar-refractivity contribution in [2.45, 2.75) is 12.8 Å². The molecule has 0 unspecified atom stereocenters. The van der Waals surface area contributed by atoms with E-state index < -0.39 is 0 Å². The molecule has 1 fully saturated rings. The van der Waals surface area contributed by atoms with Crippen LogP contribution in [0.3, 0.4) is 0 Å². The molecule has 3 amide bonds. The topological polar surface area (TPSA) is 66.5 Å². The number of thiophene rings is 1.